The van der Waals surface area contributed by atoms with Crippen LogP contribution in [0.5, 0.6) is 0 Å². The number of nitrogens with zero attached hydrogens (tertiary/aromatic N) is 2. The van der Waals surface area contributed by atoms with Crippen LogP contribution in [-0.4, -0.2) is 14.8 Å². The number of aryl methyl sites for hydroxylation is 1. The standard InChI is InChI=1S/C12H11ClFN3S/c1-7-10(13)6-17(16-7)5-8-3-2-4-9(11(8)14)12(15)18/h2-4,6H,5H2,1H3,(H2,15,18). The normalized spacial score (nSPS) is 10.6. The van der Waals surface area contributed by atoms with E-state index in [1.165, 1.54) is 0 Å². The predicted molar refractivity (Wildman–Crippen MR) is 73.4 cm³/mol. The largest absolute Gasteiger partial charge is 0.389 e. The molecule has 3 nitrogen and oxygen atoms in total. The van der Waals surface area contributed by atoms with Crippen molar-refractivity contribution in [2.45, 2.75) is 13.5 Å². The molecule has 0 amide bonds. The van der Waals surface area contributed by atoms with Crippen LogP contribution < -0.4 is 5.73 Å². The molecule has 1 aromatic heterocycles. The first-order chi connectivity index (χ1) is 8.49. The van der Waals surface area contributed by atoms with Crippen LogP contribution in [0, 0.1) is 12.7 Å². The third-order valence-electron chi connectivity index (χ3n) is 2.56. The number of hydrogen-bond acceptors (Lipinski definition) is 2. The molecule has 1 aromatic carbocycles. The quantitative estimate of drug-likeness (QED) is 0.881. The summed E-state index contributed by atoms with van der Waals surface area (Å²) in [5.74, 6) is -0.408. The number of aromatic nitrogens is 2. The van der Waals surface area contributed by atoms with E-state index in [-0.39, 0.29) is 17.1 Å². The van der Waals surface area contributed by atoms with E-state index in [0.717, 1.165) is 0 Å². The second kappa shape index (κ2) is 5.04. The number of benzene rings is 1. The zero-order chi connectivity index (χ0) is 13.3. The molecule has 0 aliphatic heterocycles. The molecule has 6 heteroatoms. The highest BCUT2D eigenvalue weighted by molar-refractivity contribution is 7.80. The van der Waals surface area contributed by atoms with E-state index in [2.05, 4.69) is 5.10 Å². The molecule has 0 spiro atoms. The molecule has 94 valence electrons. The average Bonchev–Trinajstić information content (AvgIpc) is 2.60. The van der Waals surface area contributed by atoms with Crippen molar-refractivity contribution in [2.75, 3.05) is 0 Å². The Labute approximate surface area is 114 Å². The van der Waals surface area contributed by atoms with Crippen LogP contribution >= 0.6 is 23.8 Å². The molecule has 2 rings (SSSR count). The predicted octanol–water partition coefficient (Wildman–Crippen LogP) is 2.67. The summed E-state index contributed by atoms with van der Waals surface area (Å²) in [4.78, 5) is 0.0454. The van der Waals surface area contributed by atoms with Crippen molar-refractivity contribution < 1.29 is 4.39 Å². The first kappa shape index (κ1) is 13.0. The average molecular weight is 284 g/mol. The Morgan fingerprint density at radius 3 is 2.83 bits per heavy atom. The monoisotopic (exact) mass is 283 g/mol. The smallest absolute Gasteiger partial charge is 0.138 e. The van der Waals surface area contributed by atoms with E-state index in [0.29, 0.717) is 16.3 Å². The third-order valence-corrected chi connectivity index (χ3v) is 3.15. The Morgan fingerprint density at radius 2 is 2.28 bits per heavy atom. The summed E-state index contributed by atoms with van der Waals surface area (Å²) in [6.07, 6.45) is 1.66. The molecule has 0 saturated heterocycles. The van der Waals surface area contributed by atoms with Crippen LogP contribution in [0.15, 0.2) is 24.4 Å². The molecule has 18 heavy (non-hydrogen) atoms. The van der Waals surface area contributed by atoms with Gasteiger partial charge >= 0.3 is 0 Å². The van der Waals surface area contributed by atoms with Crippen molar-refractivity contribution in [1.29, 1.82) is 0 Å². The van der Waals surface area contributed by atoms with Crippen LogP contribution in [0.4, 0.5) is 4.39 Å². The zero-order valence-electron chi connectivity index (χ0n) is 9.65. The molecule has 1 heterocycles. The molecule has 0 unspecified atom stereocenters. The summed E-state index contributed by atoms with van der Waals surface area (Å²) in [6.45, 7) is 2.08. The molecule has 0 atom stereocenters. The lowest BCUT2D eigenvalue weighted by atomic mass is 10.1. The fourth-order valence-electron chi connectivity index (χ4n) is 1.64. The maximum absolute atomic E-state index is 14.1. The first-order valence-corrected chi connectivity index (χ1v) is 6.04. The lowest BCUT2D eigenvalue weighted by Gasteiger charge is -2.07. The minimum absolute atomic E-state index is 0.0454. The summed E-state index contributed by atoms with van der Waals surface area (Å²) < 4.78 is 15.7. The first-order valence-electron chi connectivity index (χ1n) is 5.26. The van der Waals surface area contributed by atoms with E-state index >= 15 is 0 Å². The SMILES string of the molecule is Cc1nn(Cc2cccc(C(N)=S)c2F)cc1Cl. The molecule has 0 radical (unpaired) electrons. The van der Waals surface area contributed by atoms with Gasteiger partial charge in [-0.05, 0) is 13.0 Å². The Hall–Kier alpha value is -1.46. The van der Waals surface area contributed by atoms with Gasteiger partial charge in [0.05, 0.1) is 17.3 Å². The summed E-state index contributed by atoms with van der Waals surface area (Å²) in [7, 11) is 0. The van der Waals surface area contributed by atoms with Gasteiger partial charge in [0.1, 0.15) is 10.8 Å². The van der Waals surface area contributed by atoms with Crippen molar-refractivity contribution in [3.63, 3.8) is 0 Å². The van der Waals surface area contributed by atoms with Gasteiger partial charge in [-0.25, -0.2) is 4.39 Å². The minimum atomic E-state index is -0.408. The molecule has 0 saturated carbocycles. The number of halogens is 2. The molecule has 0 aliphatic carbocycles. The second-order valence-electron chi connectivity index (χ2n) is 3.90. The number of rotatable bonds is 3. The highest BCUT2D eigenvalue weighted by atomic mass is 35.5. The Balaban J connectivity index is 2.35. The van der Waals surface area contributed by atoms with E-state index in [9.17, 15) is 4.39 Å². The Bertz CT molecular complexity index is 590. The third kappa shape index (κ3) is 2.52. The molecule has 2 aromatic rings. The van der Waals surface area contributed by atoms with E-state index in [1.807, 2.05) is 0 Å². The second-order valence-corrected chi connectivity index (χ2v) is 4.75. The highest BCUT2D eigenvalue weighted by Crippen LogP contribution is 2.17. The molecular weight excluding hydrogens is 273 g/mol. The fraction of sp³-hybridized carbons (Fsp3) is 0.167. The highest BCUT2D eigenvalue weighted by Gasteiger charge is 2.11. The summed E-state index contributed by atoms with van der Waals surface area (Å²) >= 11 is 10.7. The van der Waals surface area contributed by atoms with Gasteiger partial charge in [0.15, 0.2) is 0 Å². The molecule has 0 aliphatic rings. The summed E-state index contributed by atoms with van der Waals surface area (Å²) in [6, 6.07) is 4.94. The lowest BCUT2D eigenvalue weighted by molar-refractivity contribution is 0.582. The Morgan fingerprint density at radius 1 is 1.56 bits per heavy atom. The topological polar surface area (TPSA) is 43.8 Å². The van der Waals surface area contributed by atoms with Crippen LogP contribution in [0.3, 0.4) is 0 Å². The number of hydrogen-bond donors (Lipinski definition) is 1. The van der Waals surface area contributed by atoms with Gasteiger partial charge in [0.2, 0.25) is 0 Å². The fourth-order valence-corrected chi connectivity index (χ4v) is 1.95. The van der Waals surface area contributed by atoms with Gasteiger partial charge in [-0.1, -0.05) is 36.0 Å². The van der Waals surface area contributed by atoms with Crippen molar-refractivity contribution in [3.8, 4) is 0 Å². The van der Waals surface area contributed by atoms with Crippen molar-refractivity contribution >= 4 is 28.8 Å². The van der Waals surface area contributed by atoms with Crippen LogP contribution in [0.1, 0.15) is 16.8 Å². The van der Waals surface area contributed by atoms with Gasteiger partial charge in [-0.15, -0.1) is 0 Å². The molecular formula is C12H11ClFN3S. The van der Waals surface area contributed by atoms with Crippen LogP contribution in [0.2, 0.25) is 5.02 Å². The van der Waals surface area contributed by atoms with Gasteiger partial charge in [-0.2, -0.15) is 5.10 Å². The molecule has 0 bridgehead atoms. The summed E-state index contributed by atoms with van der Waals surface area (Å²) in [5, 5.41) is 4.73. The zero-order valence-corrected chi connectivity index (χ0v) is 11.2. The van der Waals surface area contributed by atoms with Gasteiger partial charge < -0.3 is 5.73 Å². The van der Waals surface area contributed by atoms with Gasteiger partial charge in [-0.3, -0.25) is 4.68 Å². The molecule has 2 N–H and O–H groups in total. The van der Waals surface area contributed by atoms with Gasteiger partial charge in [0, 0.05) is 17.3 Å². The lowest BCUT2D eigenvalue weighted by Crippen LogP contribution is -2.14. The van der Waals surface area contributed by atoms with Crippen molar-refractivity contribution in [3.05, 3.63) is 52.1 Å². The van der Waals surface area contributed by atoms with Crippen LogP contribution in [0.25, 0.3) is 0 Å². The van der Waals surface area contributed by atoms with Gasteiger partial charge in [0.25, 0.3) is 0 Å². The number of nitrogens with two attached hydrogens (primary N) is 1. The molecule has 0 fully saturated rings. The maximum atomic E-state index is 14.1. The van der Waals surface area contributed by atoms with E-state index in [4.69, 9.17) is 29.6 Å². The maximum Gasteiger partial charge on any atom is 0.138 e. The van der Waals surface area contributed by atoms with Crippen molar-refractivity contribution in [1.82, 2.24) is 9.78 Å². The van der Waals surface area contributed by atoms with Crippen molar-refractivity contribution in [2.24, 2.45) is 5.73 Å². The Kier molecular flexibility index (Phi) is 3.63. The minimum Gasteiger partial charge on any atom is -0.389 e. The summed E-state index contributed by atoms with van der Waals surface area (Å²) in [5.41, 5.74) is 6.88. The van der Waals surface area contributed by atoms with E-state index in [1.54, 1.807) is 36.0 Å². The van der Waals surface area contributed by atoms with E-state index < -0.39 is 5.82 Å². The van der Waals surface area contributed by atoms with Crippen LogP contribution in [-0.2, 0) is 6.54 Å². The number of thiocarbonyl (C=S) groups is 1.